The van der Waals surface area contributed by atoms with Gasteiger partial charge in [0.2, 0.25) is 0 Å². The molecule has 0 fully saturated rings. The van der Waals surface area contributed by atoms with E-state index in [0.717, 1.165) is 0 Å². The van der Waals surface area contributed by atoms with Gasteiger partial charge in [-0.1, -0.05) is 0 Å². The van der Waals surface area contributed by atoms with Crippen LogP contribution in [0.4, 0.5) is 0 Å². The van der Waals surface area contributed by atoms with Crippen molar-refractivity contribution in [1.29, 1.82) is 0 Å². The van der Waals surface area contributed by atoms with Crippen molar-refractivity contribution in [2.45, 2.75) is 0 Å². The van der Waals surface area contributed by atoms with Crippen LogP contribution in [0.5, 0.6) is 0 Å². The van der Waals surface area contributed by atoms with Gasteiger partial charge in [0.15, 0.2) is 0 Å². The fourth-order valence-corrected chi connectivity index (χ4v) is 0. The van der Waals surface area contributed by atoms with E-state index in [0.29, 0.717) is 0 Å². The van der Waals surface area contributed by atoms with Crippen LogP contribution >= 0.6 is 24.8 Å². The molecule has 8 heavy (non-hydrogen) atoms. The van der Waals surface area contributed by atoms with Crippen molar-refractivity contribution < 1.29 is 28.7 Å². The van der Waals surface area contributed by atoms with Crippen molar-refractivity contribution in [2.24, 2.45) is 0 Å². The Hall–Kier alpha value is 2.10. The van der Waals surface area contributed by atoms with E-state index < -0.39 is 13.0 Å². The standard InChI is InChI=1S/2ClH.K.Mn.H2O.3O.H/h2*1H;;;1H2;;;;/q;;;+1;;;;;/p-1. The zero-order valence-electron chi connectivity index (χ0n) is 2.87. The van der Waals surface area contributed by atoms with Gasteiger partial charge in [-0.25, -0.2) is 0 Å². The maximum absolute atomic E-state index is 8.69. The molecular formula is H4Cl2KMnO4. The van der Waals surface area contributed by atoms with Crippen LogP contribution in [0, 0.1) is 0 Å². The summed E-state index contributed by atoms with van der Waals surface area (Å²) in [5.41, 5.74) is 0. The van der Waals surface area contributed by atoms with E-state index in [1.165, 1.54) is 0 Å². The molecule has 4 nitrogen and oxygen atoms in total. The topological polar surface area (TPSA) is 71.4 Å². The van der Waals surface area contributed by atoms with Gasteiger partial charge in [-0.3, -0.25) is 0 Å². The van der Waals surface area contributed by atoms with Crippen LogP contribution in [0.25, 0.3) is 0 Å². The molecule has 0 atom stereocenters. The summed E-state index contributed by atoms with van der Waals surface area (Å²) in [4.78, 5) is 0. The molecule has 0 heterocycles. The van der Waals surface area contributed by atoms with Gasteiger partial charge in [0.05, 0.1) is 0 Å². The van der Waals surface area contributed by atoms with Gasteiger partial charge in [-0.2, -0.15) is 0 Å². The Morgan fingerprint density at radius 1 is 1.00 bits per heavy atom. The molecule has 0 saturated heterocycles. The predicted octanol–water partition coefficient (Wildman–Crippen LogP) is -0.721. The first-order chi connectivity index (χ1) is 2.00. The fourth-order valence-electron chi connectivity index (χ4n) is 0. The summed E-state index contributed by atoms with van der Waals surface area (Å²) >= 11 is -5.38. The first-order valence-corrected chi connectivity index (χ1v) is 2.61. The van der Waals surface area contributed by atoms with E-state index in [2.05, 4.69) is 0 Å². The van der Waals surface area contributed by atoms with Crippen molar-refractivity contribution in [1.82, 2.24) is 0 Å². The summed E-state index contributed by atoms with van der Waals surface area (Å²) in [6.07, 6.45) is 0. The summed E-state index contributed by atoms with van der Waals surface area (Å²) in [5.74, 6) is 0. The molecule has 0 spiro atoms. The van der Waals surface area contributed by atoms with Gasteiger partial charge < -0.3 is 0 Å². The van der Waals surface area contributed by atoms with Crippen LogP contribution < -0.4 is 0 Å². The molecular weight excluding hydrogens is 229 g/mol. The van der Waals surface area contributed by atoms with Gasteiger partial charge in [-0.05, 0) is 0 Å². The number of hydrogen-bond donors (Lipinski definition) is 1. The molecule has 0 saturated carbocycles. The van der Waals surface area contributed by atoms with E-state index in [-0.39, 0.29) is 76.2 Å². The van der Waals surface area contributed by atoms with Gasteiger partial charge >= 0.3 is 80.0 Å². The third-order valence-electron chi connectivity index (χ3n) is 0. The average molecular weight is 233 g/mol. The summed E-state index contributed by atoms with van der Waals surface area (Å²) in [6.45, 7) is 0. The van der Waals surface area contributed by atoms with E-state index in [1.54, 1.807) is 0 Å². The molecule has 8 heteroatoms. The molecule has 0 radical (unpaired) electrons. The van der Waals surface area contributed by atoms with Crippen LogP contribution in [-0.4, -0.2) is 55.6 Å². The van der Waals surface area contributed by atoms with Crippen molar-refractivity contribution in [3.63, 3.8) is 0 Å². The summed E-state index contributed by atoms with van der Waals surface area (Å²) in [5, 5.41) is 0. The van der Waals surface area contributed by atoms with Gasteiger partial charge in [0.1, 0.15) is 0 Å². The van der Waals surface area contributed by atoms with E-state index in [9.17, 15) is 0 Å². The van der Waals surface area contributed by atoms with Crippen LogP contribution in [0.1, 0.15) is 0 Å². The predicted molar refractivity (Wildman–Crippen MR) is 25.9 cm³/mol. The minimum atomic E-state index is -5.38. The monoisotopic (exact) mass is 232 g/mol. The molecule has 0 bridgehead atoms. The zero-order chi connectivity index (χ0) is 4.50. The molecule has 0 aliphatic carbocycles. The molecule has 0 unspecified atom stereocenters. The molecule has 0 aliphatic rings. The number of hydrogen-bond acceptors (Lipinski definition) is 3. The maximum atomic E-state index is 8.69. The number of halogens is 2. The first kappa shape index (κ1) is 22.5. The Labute approximate surface area is 103 Å². The molecule has 0 rings (SSSR count). The summed E-state index contributed by atoms with van der Waals surface area (Å²) < 4.78 is 33.1. The van der Waals surface area contributed by atoms with Crippen LogP contribution in [0.15, 0.2) is 0 Å². The SMILES string of the molecule is Cl.Cl.[KH].[O]=[Mn](=[O])(=[O])[OH]. The fraction of sp³-hybridized carbons (Fsp3) is 0. The van der Waals surface area contributed by atoms with Gasteiger partial charge in [0, 0.05) is 0 Å². The van der Waals surface area contributed by atoms with Crippen LogP contribution in [-0.2, 0) is 24.5 Å². The van der Waals surface area contributed by atoms with Crippen molar-refractivity contribution in [3.8, 4) is 0 Å². The Bertz CT molecular complexity index is 135. The third kappa shape index (κ3) is 92.8. The van der Waals surface area contributed by atoms with Crippen molar-refractivity contribution >= 4 is 76.2 Å². The second-order valence-corrected chi connectivity index (χ2v) is 1.63. The quantitative estimate of drug-likeness (QED) is 0.560. The molecule has 0 aromatic heterocycles. The molecule has 0 amide bonds. The van der Waals surface area contributed by atoms with Crippen molar-refractivity contribution in [3.05, 3.63) is 0 Å². The number of rotatable bonds is 0. The Kier molecular flexibility index (Phi) is 25.6. The van der Waals surface area contributed by atoms with E-state index in [4.69, 9.17) is 15.7 Å². The second-order valence-electron chi connectivity index (χ2n) is 0.396. The van der Waals surface area contributed by atoms with Gasteiger partial charge in [-0.15, -0.1) is 24.8 Å². The van der Waals surface area contributed by atoms with E-state index in [1.807, 2.05) is 0 Å². The Morgan fingerprint density at radius 2 is 1.00 bits per heavy atom. The molecule has 1 N–H and O–H groups in total. The van der Waals surface area contributed by atoms with Crippen LogP contribution in [0.3, 0.4) is 0 Å². The van der Waals surface area contributed by atoms with E-state index >= 15 is 0 Å². The second kappa shape index (κ2) is 9.10. The average Bonchev–Trinajstić information content (AvgIpc) is 0.722. The summed E-state index contributed by atoms with van der Waals surface area (Å²) in [7, 11) is 0. The Balaban J connectivity index is -0.0000000267. The summed E-state index contributed by atoms with van der Waals surface area (Å²) in [6, 6.07) is 0. The van der Waals surface area contributed by atoms with Crippen LogP contribution in [0.2, 0.25) is 0 Å². The normalized spacial score (nSPS) is 7.12. The Morgan fingerprint density at radius 3 is 1.00 bits per heavy atom. The third-order valence-corrected chi connectivity index (χ3v) is 0. The molecule has 0 aliphatic heterocycles. The minimum absolute atomic E-state index is 0. The van der Waals surface area contributed by atoms with Gasteiger partial charge in [0.25, 0.3) is 0 Å². The molecule has 0 aromatic rings. The first-order valence-electron chi connectivity index (χ1n) is 0.632. The zero-order valence-corrected chi connectivity index (χ0v) is 5.68. The molecule has 0 aromatic carbocycles. The molecule has 50 valence electrons. The van der Waals surface area contributed by atoms with Crippen molar-refractivity contribution in [2.75, 3.05) is 0 Å².